The average Bonchev–Trinajstić information content (AvgIpc) is 3.34. The van der Waals surface area contributed by atoms with E-state index in [0.29, 0.717) is 6.42 Å². The number of ether oxygens (including phenoxy) is 1. The number of likely N-dealkylation sites (tertiary alicyclic amines) is 1. The zero-order valence-corrected chi connectivity index (χ0v) is 15.8. The molecule has 0 bridgehead atoms. The van der Waals surface area contributed by atoms with Crippen LogP contribution >= 0.6 is 0 Å². The molecule has 1 unspecified atom stereocenters. The number of nitrogens with one attached hydrogen (secondary N) is 1. The molecule has 3 aliphatic heterocycles. The lowest BCUT2D eigenvalue weighted by molar-refractivity contribution is -0.156. The molecular formula is C20H21N3O6. The predicted octanol–water partition coefficient (Wildman–Crippen LogP) is 0.0954. The fourth-order valence-electron chi connectivity index (χ4n) is 4.01. The van der Waals surface area contributed by atoms with Gasteiger partial charge in [0, 0.05) is 6.42 Å². The molecule has 0 aliphatic carbocycles. The van der Waals surface area contributed by atoms with Crippen LogP contribution in [-0.4, -0.2) is 71.2 Å². The first kappa shape index (κ1) is 19.3. The van der Waals surface area contributed by atoms with E-state index in [9.17, 15) is 24.0 Å². The molecule has 4 rings (SSSR count). The minimum absolute atomic E-state index is 0.0297. The standard InChI is InChI=1S/C20H21N3O6/c24-16-8-7-15(23-17(25)12-4-1-2-5-13(12)18(23)26)19(27)22(16)10-11-29-20(28)14-6-3-9-21-14/h1-2,4-5,14-15,21H,3,6-11H2/t14-,15?/m0/s1. The molecule has 4 amide bonds. The number of hydrogen-bond donors (Lipinski definition) is 1. The Bertz CT molecular complexity index is 857. The van der Waals surface area contributed by atoms with Gasteiger partial charge in [-0.25, -0.2) is 0 Å². The van der Waals surface area contributed by atoms with Gasteiger partial charge in [0.2, 0.25) is 5.91 Å². The van der Waals surface area contributed by atoms with Crippen molar-refractivity contribution in [2.45, 2.75) is 37.8 Å². The molecule has 2 saturated heterocycles. The molecule has 9 heteroatoms. The number of carbonyl (C=O) groups excluding carboxylic acids is 5. The number of rotatable bonds is 5. The van der Waals surface area contributed by atoms with Crippen LogP contribution in [0.5, 0.6) is 0 Å². The van der Waals surface area contributed by atoms with Gasteiger partial charge in [-0.1, -0.05) is 12.1 Å². The smallest absolute Gasteiger partial charge is 0.323 e. The van der Waals surface area contributed by atoms with Gasteiger partial charge in [-0.05, 0) is 37.9 Å². The molecule has 3 heterocycles. The summed E-state index contributed by atoms with van der Waals surface area (Å²) in [6.07, 6.45) is 1.71. The molecular weight excluding hydrogens is 378 g/mol. The summed E-state index contributed by atoms with van der Waals surface area (Å²) in [4.78, 5) is 64.4. The van der Waals surface area contributed by atoms with Gasteiger partial charge >= 0.3 is 5.97 Å². The largest absolute Gasteiger partial charge is 0.463 e. The summed E-state index contributed by atoms with van der Waals surface area (Å²) >= 11 is 0. The minimum atomic E-state index is -1.03. The van der Waals surface area contributed by atoms with E-state index in [1.165, 1.54) is 0 Å². The third kappa shape index (κ3) is 3.42. The molecule has 0 radical (unpaired) electrons. The Hall–Kier alpha value is -3.07. The highest BCUT2D eigenvalue weighted by molar-refractivity contribution is 6.23. The van der Waals surface area contributed by atoms with Gasteiger partial charge in [0.1, 0.15) is 18.7 Å². The van der Waals surface area contributed by atoms with Crippen LogP contribution in [0.4, 0.5) is 0 Å². The molecule has 0 aromatic heterocycles. The summed E-state index contributed by atoms with van der Waals surface area (Å²) in [5.41, 5.74) is 0.512. The van der Waals surface area contributed by atoms with Crippen molar-refractivity contribution in [3.8, 4) is 0 Å². The predicted molar refractivity (Wildman–Crippen MR) is 98.7 cm³/mol. The van der Waals surface area contributed by atoms with E-state index in [2.05, 4.69) is 5.32 Å². The minimum Gasteiger partial charge on any atom is -0.463 e. The highest BCUT2D eigenvalue weighted by atomic mass is 16.5. The maximum Gasteiger partial charge on any atom is 0.323 e. The second kappa shape index (κ2) is 7.75. The Morgan fingerprint density at radius 3 is 2.38 bits per heavy atom. The van der Waals surface area contributed by atoms with Crippen LogP contribution in [0, 0.1) is 0 Å². The van der Waals surface area contributed by atoms with Crippen LogP contribution in [0.3, 0.4) is 0 Å². The van der Waals surface area contributed by atoms with Crippen molar-refractivity contribution < 1.29 is 28.7 Å². The van der Waals surface area contributed by atoms with E-state index in [-0.39, 0.29) is 43.2 Å². The van der Waals surface area contributed by atoms with Crippen molar-refractivity contribution in [3.63, 3.8) is 0 Å². The first-order valence-electron chi connectivity index (χ1n) is 9.70. The van der Waals surface area contributed by atoms with E-state index in [1.54, 1.807) is 24.3 Å². The second-order valence-corrected chi connectivity index (χ2v) is 7.28. The molecule has 3 aliphatic rings. The van der Waals surface area contributed by atoms with Crippen molar-refractivity contribution in [2.24, 2.45) is 0 Å². The number of benzene rings is 1. The van der Waals surface area contributed by atoms with Crippen LogP contribution in [0.15, 0.2) is 24.3 Å². The number of esters is 1. The summed E-state index contributed by atoms with van der Waals surface area (Å²) in [5, 5.41) is 3.02. The van der Waals surface area contributed by atoms with Crippen LogP contribution in [0.1, 0.15) is 46.4 Å². The highest BCUT2D eigenvalue weighted by Crippen LogP contribution is 2.28. The fraction of sp³-hybridized carbons (Fsp3) is 0.450. The summed E-state index contributed by atoms with van der Waals surface area (Å²) < 4.78 is 5.18. The molecule has 2 atom stereocenters. The van der Waals surface area contributed by atoms with Crippen molar-refractivity contribution in [3.05, 3.63) is 35.4 Å². The normalized spacial score (nSPS) is 24.3. The van der Waals surface area contributed by atoms with Crippen molar-refractivity contribution >= 4 is 29.6 Å². The molecule has 2 fully saturated rings. The Labute approximate surface area is 167 Å². The van der Waals surface area contributed by atoms with Crippen LogP contribution in [-0.2, 0) is 19.1 Å². The quantitative estimate of drug-likeness (QED) is 0.552. The number of piperidine rings is 1. The van der Waals surface area contributed by atoms with Gasteiger partial charge in [0.05, 0.1) is 17.7 Å². The summed E-state index contributed by atoms with van der Waals surface area (Å²) in [7, 11) is 0. The molecule has 1 N–H and O–H groups in total. The van der Waals surface area contributed by atoms with Gasteiger partial charge in [-0.2, -0.15) is 0 Å². The lowest BCUT2D eigenvalue weighted by Crippen LogP contribution is -2.56. The van der Waals surface area contributed by atoms with E-state index >= 15 is 0 Å². The zero-order chi connectivity index (χ0) is 20.5. The number of imide groups is 2. The monoisotopic (exact) mass is 399 g/mol. The van der Waals surface area contributed by atoms with Gasteiger partial charge in [0.15, 0.2) is 0 Å². The molecule has 0 saturated carbocycles. The van der Waals surface area contributed by atoms with E-state index in [1.807, 2.05) is 0 Å². The summed E-state index contributed by atoms with van der Waals surface area (Å²) in [6.45, 7) is 0.532. The third-order valence-electron chi connectivity index (χ3n) is 5.52. The van der Waals surface area contributed by atoms with Crippen molar-refractivity contribution in [2.75, 3.05) is 19.7 Å². The molecule has 1 aromatic rings. The van der Waals surface area contributed by atoms with E-state index in [4.69, 9.17) is 4.74 Å². The van der Waals surface area contributed by atoms with E-state index in [0.717, 1.165) is 22.8 Å². The molecule has 152 valence electrons. The molecule has 9 nitrogen and oxygen atoms in total. The Morgan fingerprint density at radius 1 is 1.07 bits per heavy atom. The number of fused-ring (bicyclic) bond motifs is 1. The Balaban J connectivity index is 1.42. The Morgan fingerprint density at radius 2 is 1.76 bits per heavy atom. The lowest BCUT2D eigenvalue weighted by atomic mass is 10.0. The van der Waals surface area contributed by atoms with Gasteiger partial charge in [0.25, 0.3) is 17.7 Å². The first-order valence-corrected chi connectivity index (χ1v) is 9.70. The number of hydrogen-bond acceptors (Lipinski definition) is 7. The maximum absolute atomic E-state index is 12.9. The molecule has 0 spiro atoms. The number of nitrogens with zero attached hydrogens (tertiary/aromatic N) is 2. The maximum atomic E-state index is 12.9. The van der Waals surface area contributed by atoms with Crippen molar-refractivity contribution in [1.29, 1.82) is 0 Å². The lowest BCUT2D eigenvalue weighted by Gasteiger charge is -2.34. The SMILES string of the molecule is O=C(OCCN1C(=O)CCC(N2C(=O)c3ccccc3C2=O)C1=O)[C@@H]1CCCN1. The van der Waals surface area contributed by atoms with E-state index < -0.39 is 35.6 Å². The summed E-state index contributed by atoms with van der Waals surface area (Å²) in [6, 6.07) is 5.00. The van der Waals surface area contributed by atoms with Crippen LogP contribution in [0.25, 0.3) is 0 Å². The summed E-state index contributed by atoms with van der Waals surface area (Å²) in [5.74, 6) is -2.49. The molecule has 29 heavy (non-hydrogen) atoms. The van der Waals surface area contributed by atoms with Gasteiger partial charge < -0.3 is 10.1 Å². The molecule has 1 aromatic carbocycles. The van der Waals surface area contributed by atoms with Crippen LogP contribution in [0.2, 0.25) is 0 Å². The number of carbonyl (C=O) groups is 5. The number of amides is 4. The topological polar surface area (TPSA) is 113 Å². The Kier molecular flexibility index (Phi) is 5.14. The first-order chi connectivity index (χ1) is 14.0. The van der Waals surface area contributed by atoms with Gasteiger partial charge in [-0.3, -0.25) is 33.8 Å². The highest BCUT2D eigenvalue weighted by Gasteiger charge is 2.46. The third-order valence-corrected chi connectivity index (χ3v) is 5.52. The van der Waals surface area contributed by atoms with Crippen LogP contribution < -0.4 is 5.32 Å². The van der Waals surface area contributed by atoms with Gasteiger partial charge in [-0.15, -0.1) is 0 Å². The van der Waals surface area contributed by atoms with Crippen molar-refractivity contribution in [1.82, 2.24) is 15.1 Å². The average molecular weight is 399 g/mol. The zero-order valence-electron chi connectivity index (χ0n) is 15.8. The fourth-order valence-corrected chi connectivity index (χ4v) is 4.01. The second-order valence-electron chi connectivity index (χ2n) is 7.28.